The second-order valence-corrected chi connectivity index (χ2v) is 8.68. The zero-order chi connectivity index (χ0) is 21.1. The van der Waals surface area contributed by atoms with Gasteiger partial charge in [-0.2, -0.15) is 13.2 Å². The van der Waals surface area contributed by atoms with E-state index in [0.29, 0.717) is 5.69 Å². The molecule has 0 amide bonds. The van der Waals surface area contributed by atoms with Crippen molar-refractivity contribution in [2.45, 2.75) is 25.6 Å². The molecular weight excluding hydrogens is 381 g/mol. The van der Waals surface area contributed by atoms with E-state index in [9.17, 15) is 18.3 Å². The minimum atomic E-state index is -4.30. The molecule has 0 bridgehead atoms. The Balaban J connectivity index is 1.41. The van der Waals surface area contributed by atoms with Crippen molar-refractivity contribution in [3.63, 3.8) is 0 Å². The molecule has 0 saturated carbocycles. The smallest absolute Gasteiger partial charge is 0.394 e. The van der Waals surface area contributed by atoms with Crippen molar-refractivity contribution in [3.05, 3.63) is 29.8 Å². The van der Waals surface area contributed by atoms with E-state index in [1.54, 1.807) is 6.07 Å². The van der Waals surface area contributed by atoms with Gasteiger partial charge in [-0.05, 0) is 32.0 Å². The highest BCUT2D eigenvalue weighted by atomic mass is 19.4. The summed E-state index contributed by atoms with van der Waals surface area (Å²) in [5.74, 6) is 0. The Bertz CT molecular complexity index is 652. The van der Waals surface area contributed by atoms with Crippen LogP contribution < -0.4 is 4.90 Å². The third-order valence-electron chi connectivity index (χ3n) is 6.26. The number of alkyl halides is 3. The highest BCUT2D eigenvalue weighted by Gasteiger charge is 2.31. The first-order valence-electron chi connectivity index (χ1n) is 10.4. The lowest BCUT2D eigenvalue weighted by Gasteiger charge is -2.44. The average Bonchev–Trinajstić information content (AvgIpc) is 2.72. The first-order chi connectivity index (χ1) is 13.7. The van der Waals surface area contributed by atoms with E-state index in [-0.39, 0.29) is 12.1 Å². The third kappa shape index (κ3) is 5.84. The maximum absolute atomic E-state index is 12.9. The number of hydrogen-bond acceptors (Lipinski definition) is 5. The Hall–Kier alpha value is -1.35. The van der Waals surface area contributed by atoms with Crippen LogP contribution in [0.3, 0.4) is 0 Å². The van der Waals surface area contributed by atoms with Crippen LogP contribution in [0.25, 0.3) is 0 Å². The number of aliphatic hydroxyl groups is 1. The van der Waals surface area contributed by atoms with Crippen molar-refractivity contribution in [1.29, 1.82) is 0 Å². The van der Waals surface area contributed by atoms with Crippen LogP contribution in [-0.2, 0) is 6.18 Å². The second kappa shape index (κ2) is 9.20. The SMILES string of the molecule is CC(C)(CO)N1CCN(CCN2CCN(c3cccc(C(F)(F)F)c3)CC2)CC1. The molecule has 2 fully saturated rings. The van der Waals surface area contributed by atoms with Gasteiger partial charge in [-0.25, -0.2) is 0 Å². The fourth-order valence-electron chi connectivity index (χ4n) is 4.07. The van der Waals surface area contributed by atoms with Crippen LogP contribution in [0.4, 0.5) is 18.9 Å². The van der Waals surface area contributed by atoms with Gasteiger partial charge in [-0.1, -0.05) is 6.07 Å². The summed E-state index contributed by atoms with van der Waals surface area (Å²) in [5.41, 5.74) is -0.0886. The van der Waals surface area contributed by atoms with Crippen molar-refractivity contribution >= 4 is 5.69 Å². The summed E-state index contributed by atoms with van der Waals surface area (Å²) in [7, 11) is 0. The summed E-state index contributed by atoms with van der Waals surface area (Å²) in [6.07, 6.45) is -4.30. The maximum atomic E-state index is 12.9. The third-order valence-corrected chi connectivity index (χ3v) is 6.26. The summed E-state index contributed by atoms with van der Waals surface area (Å²) < 4.78 is 38.8. The van der Waals surface area contributed by atoms with Gasteiger partial charge in [0, 0.05) is 76.7 Å². The van der Waals surface area contributed by atoms with Gasteiger partial charge in [0.05, 0.1) is 12.2 Å². The molecule has 2 heterocycles. The van der Waals surface area contributed by atoms with Crippen molar-refractivity contribution in [2.24, 2.45) is 0 Å². The maximum Gasteiger partial charge on any atom is 0.416 e. The molecule has 1 N–H and O–H groups in total. The van der Waals surface area contributed by atoms with Crippen molar-refractivity contribution in [2.75, 3.05) is 77.0 Å². The summed E-state index contributed by atoms with van der Waals surface area (Å²) in [6, 6.07) is 5.63. The summed E-state index contributed by atoms with van der Waals surface area (Å²) in [5, 5.41) is 9.52. The highest BCUT2D eigenvalue weighted by Crippen LogP contribution is 2.31. The number of nitrogens with zero attached hydrogens (tertiary/aromatic N) is 4. The van der Waals surface area contributed by atoms with E-state index in [0.717, 1.165) is 71.5 Å². The zero-order valence-corrected chi connectivity index (χ0v) is 17.5. The molecule has 0 aromatic heterocycles. The number of benzene rings is 1. The molecule has 164 valence electrons. The number of piperazine rings is 2. The quantitative estimate of drug-likeness (QED) is 0.772. The Labute approximate surface area is 171 Å². The van der Waals surface area contributed by atoms with E-state index in [1.165, 1.54) is 12.1 Å². The molecule has 0 atom stereocenters. The molecule has 3 rings (SSSR count). The minimum Gasteiger partial charge on any atom is -0.394 e. The molecule has 29 heavy (non-hydrogen) atoms. The Morgan fingerprint density at radius 3 is 1.93 bits per heavy atom. The molecule has 0 spiro atoms. The predicted octanol–water partition coefficient (Wildman–Crippen LogP) is 2.22. The Morgan fingerprint density at radius 1 is 0.862 bits per heavy atom. The molecular formula is C21H33F3N4O. The first kappa shape index (κ1) is 22.3. The van der Waals surface area contributed by atoms with Gasteiger partial charge in [-0.15, -0.1) is 0 Å². The minimum absolute atomic E-state index is 0.161. The Morgan fingerprint density at radius 2 is 1.41 bits per heavy atom. The van der Waals surface area contributed by atoms with Crippen molar-refractivity contribution in [1.82, 2.24) is 14.7 Å². The van der Waals surface area contributed by atoms with E-state index >= 15 is 0 Å². The molecule has 2 saturated heterocycles. The fraction of sp³-hybridized carbons (Fsp3) is 0.714. The molecule has 0 aliphatic carbocycles. The number of aliphatic hydroxyl groups excluding tert-OH is 1. The van der Waals surface area contributed by atoms with Gasteiger partial charge >= 0.3 is 6.18 Å². The normalized spacial score (nSPS) is 21.0. The van der Waals surface area contributed by atoms with E-state index in [2.05, 4.69) is 28.5 Å². The standard InChI is InChI=1S/C21H33F3N4O/c1-20(2,17-29)28-14-10-26(11-15-28)7-6-25-8-12-27(13-9-25)19-5-3-4-18(16-19)21(22,23)24/h3-5,16,29H,6-15,17H2,1-2H3. The van der Waals surface area contributed by atoms with Crippen LogP contribution in [0.15, 0.2) is 24.3 Å². The molecule has 0 unspecified atom stereocenters. The Kier molecular flexibility index (Phi) is 7.09. The number of halogens is 3. The summed E-state index contributed by atoms with van der Waals surface area (Å²) >= 11 is 0. The first-order valence-corrected chi connectivity index (χ1v) is 10.4. The molecule has 8 heteroatoms. The van der Waals surface area contributed by atoms with E-state index < -0.39 is 11.7 Å². The van der Waals surface area contributed by atoms with Gasteiger partial charge in [0.1, 0.15) is 0 Å². The van der Waals surface area contributed by atoms with Crippen LogP contribution in [-0.4, -0.2) is 97.4 Å². The topological polar surface area (TPSA) is 33.2 Å². The van der Waals surface area contributed by atoms with Gasteiger partial charge in [0.15, 0.2) is 0 Å². The average molecular weight is 415 g/mol. The van der Waals surface area contributed by atoms with Crippen LogP contribution in [0, 0.1) is 0 Å². The van der Waals surface area contributed by atoms with Crippen LogP contribution >= 0.6 is 0 Å². The van der Waals surface area contributed by atoms with Crippen molar-refractivity contribution in [3.8, 4) is 0 Å². The monoisotopic (exact) mass is 414 g/mol. The summed E-state index contributed by atoms with van der Waals surface area (Å²) in [6.45, 7) is 13.5. The molecule has 5 nitrogen and oxygen atoms in total. The molecule has 1 aromatic rings. The molecule has 2 aliphatic rings. The molecule has 2 aliphatic heterocycles. The van der Waals surface area contributed by atoms with Crippen LogP contribution in [0.5, 0.6) is 0 Å². The lowest BCUT2D eigenvalue weighted by molar-refractivity contribution is -0.137. The number of rotatable bonds is 6. The van der Waals surface area contributed by atoms with Crippen molar-refractivity contribution < 1.29 is 18.3 Å². The highest BCUT2D eigenvalue weighted by molar-refractivity contribution is 5.49. The largest absolute Gasteiger partial charge is 0.416 e. The second-order valence-electron chi connectivity index (χ2n) is 8.68. The van der Waals surface area contributed by atoms with Crippen LogP contribution in [0.1, 0.15) is 19.4 Å². The van der Waals surface area contributed by atoms with Crippen LogP contribution in [0.2, 0.25) is 0 Å². The van der Waals surface area contributed by atoms with Gasteiger partial charge < -0.3 is 10.0 Å². The summed E-state index contributed by atoms with van der Waals surface area (Å²) in [4.78, 5) is 9.25. The number of hydrogen-bond donors (Lipinski definition) is 1. The number of anilines is 1. The van der Waals surface area contributed by atoms with E-state index in [1.807, 2.05) is 4.90 Å². The van der Waals surface area contributed by atoms with Gasteiger partial charge in [0.2, 0.25) is 0 Å². The lowest BCUT2D eigenvalue weighted by atomic mass is 10.0. The lowest BCUT2D eigenvalue weighted by Crippen LogP contribution is -2.57. The van der Waals surface area contributed by atoms with Gasteiger partial charge in [-0.3, -0.25) is 14.7 Å². The fourth-order valence-corrected chi connectivity index (χ4v) is 4.07. The zero-order valence-electron chi connectivity index (χ0n) is 17.5. The molecule has 0 radical (unpaired) electrons. The van der Waals surface area contributed by atoms with E-state index in [4.69, 9.17) is 0 Å². The predicted molar refractivity (Wildman–Crippen MR) is 109 cm³/mol. The van der Waals surface area contributed by atoms with Gasteiger partial charge in [0.25, 0.3) is 0 Å². The molecule has 1 aromatic carbocycles.